The maximum atomic E-state index is 12.5. The van der Waals surface area contributed by atoms with Crippen LogP contribution in [0.2, 0.25) is 0 Å². The normalized spacial score (nSPS) is 23.8. The van der Waals surface area contributed by atoms with Gasteiger partial charge in [0.15, 0.2) is 0 Å². The zero-order chi connectivity index (χ0) is 18.6. The van der Waals surface area contributed by atoms with Crippen LogP contribution in [-0.4, -0.2) is 44.8 Å². The first kappa shape index (κ1) is 19.2. The SMILES string of the molecule is CCC(C)(C)N(NC(=O)c1cncnc1)NC1CCC(OC2CC2)CC1. The molecule has 1 amide bonds. The topological polar surface area (TPSA) is 79.4 Å². The van der Waals surface area contributed by atoms with Crippen LogP contribution < -0.4 is 10.9 Å². The largest absolute Gasteiger partial charge is 0.375 e. The fraction of sp³-hybridized carbons (Fsp3) is 0.737. The third-order valence-corrected chi connectivity index (χ3v) is 5.40. The van der Waals surface area contributed by atoms with Gasteiger partial charge in [-0.25, -0.2) is 15.4 Å². The van der Waals surface area contributed by atoms with Crippen molar-refractivity contribution in [1.29, 1.82) is 0 Å². The van der Waals surface area contributed by atoms with E-state index in [0.29, 0.717) is 23.8 Å². The molecule has 7 heteroatoms. The van der Waals surface area contributed by atoms with Crippen LogP contribution in [0.3, 0.4) is 0 Å². The van der Waals surface area contributed by atoms with Gasteiger partial charge in [0.25, 0.3) is 5.91 Å². The maximum absolute atomic E-state index is 12.5. The van der Waals surface area contributed by atoms with Crippen LogP contribution in [0.15, 0.2) is 18.7 Å². The van der Waals surface area contributed by atoms with E-state index in [-0.39, 0.29) is 11.4 Å². The van der Waals surface area contributed by atoms with Crippen LogP contribution >= 0.6 is 0 Å². The standard InChI is InChI=1S/C19H31N5O2/c1-4-19(2,3)24(23-18(25)14-11-20-13-21-12-14)22-15-5-7-16(8-6-15)26-17-9-10-17/h11-13,15-17,22H,4-10H2,1-3H3,(H,23,25). The molecular formula is C19H31N5O2. The zero-order valence-electron chi connectivity index (χ0n) is 16.1. The number of carbonyl (C=O) groups is 1. The first-order valence-corrected chi connectivity index (χ1v) is 9.76. The Kier molecular flexibility index (Phi) is 6.21. The fourth-order valence-electron chi connectivity index (χ4n) is 3.09. The number of amides is 1. The summed E-state index contributed by atoms with van der Waals surface area (Å²) >= 11 is 0. The average Bonchev–Trinajstić information content (AvgIpc) is 3.47. The molecule has 2 aliphatic rings. The van der Waals surface area contributed by atoms with Crippen LogP contribution in [-0.2, 0) is 4.74 Å². The Bertz CT molecular complexity index is 583. The van der Waals surface area contributed by atoms with Gasteiger partial charge in [-0.2, -0.15) is 5.12 Å². The summed E-state index contributed by atoms with van der Waals surface area (Å²) < 4.78 is 6.04. The highest BCUT2D eigenvalue weighted by atomic mass is 16.5. The van der Waals surface area contributed by atoms with E-state index in [2.05, 4.69) is 41.6 Å². The minimum Gasteiger partial charge on any atom is -0.375 e. The molecule has 2 N–H and O–H groups in total. The Morgan fingerprint density at radius 1 is 1.15 bits per heavy atom. The molecule has 26 heavy (non-hydrogen) atoms. The number of hydrogen-bond acceptors (Lipinski definition) is 6. The van der Waals surface area contributed by atoms with Gasteiger partial charge in [0.1, 0.15) is 6.33 Å². The van der Waals surface area contributed by atoms with E-state index < -0.39 is 0 Å². The lowest BCUT2D eigenvalue weighted by atomic mass is 9.93. The van der Waals surface area contributed by atoms with Crippen LogP contribution in [0.1, 0.15) is 76.1 Å². The van der Waals surface area contributed by atoms with Gasteiger partial charge in [0.05, 0.1) is 23.3 Å². The van der Waals surface area contributed by atoms with E-state index in [0.717, 1.165) is 32.1 Å². The van der Waals surface area contributed by atoms with Gasteiger partial charge in [-0.05, 0) is 58.8 Å². The molecule has 3 rings (SSSR count). The molecule has 2 fully saturated rings. The van der Waals surface area contributed by atoms with Gasteiger partial charge in [0.2, 0.25) is 0 Å². The first-order valence-electron chi connectivity index (χ1n) is 9.76. The molecule has 2 aliphatic carbocycles. The van der Waals surface area contributed by atoms with Gasteiger partial charge in [-0.1, -0.05) is 6.92 Å². The smallest absolute Gasteiger partial charge is 0.269 e. The summed E-state index contributed by atoms with van der Waals surface area (Å²) in [6.45, 7) is 6.35. The van der Waals surface area contributed by atoms with E-state index in [1.165, 1.54) is 31.6 Å². The van der Waals surface area contributed by atoms with Gasteiger partial charge in [-0.3, -0.25) is 10.2 Å². The van der Waals surface area contributed by atoms with E-state index in [1.54, 1.807) is 0 Å². The summed E-state index contributed by atoms with van der Waals surface area (Å²) in [5.41, 5.74) is 6.78. The fourth-order valence-corrected chi connectivity index (χ4v) is 3.09. The second kappa shape index (κ2) is 8.41. The van der Waals surface area contributed by atoms with Crippen molar-refractivity contribution < 1.29 is 9.53 Å². The monoisotopic (exact) mass is 361 g/mol. The molecule has 0 saturated heterocycles. The maximum Gasteiger partial charge on any atom is 0.269 e. The van der Waals surface area contributed by atoms with E-state index in [9.17, 15) is 4.79 Å². The summed E-state index contributed by atoms with van der Waals surface area (Å²) in [5.74, 6) is -0.203. The molecule has 0 bridgehead atoms. The molecule has 0 unspecified atom stereocenters. The number of hydrogen-bond donors (Lipinski definition) is 2. The molecule has 1 heterocycles. The molecule has 0 radical (unpaired) electrons. The van der Waals surface area contributed by atoms with Crippen molar-refractivity contribution in [3.05, 3.63) is 24.3 Å². The number of hydrazine groups is 2. The molecule has 0 aliphatic heterocycles. The molecule has 1 aromatic heterocycles. The van der Waals surface area contributed by atoms with Crippen molar-refractivity contribution in [2.75, 3.05) is 0 Å². The molecule has 2 saturated carbocycles. The quantitative estimate of drug-likeness (QED) is 0.693. The van der Waals surface area contributed by atoms with Gasteiger partial charge < -0.3 is 4.74 Å². The number of nitrogens with one attached hydrogen (secondary N) is 2. The van der Waals surface area contributed by atoms with Crippen molar-refractivity contribution in [2.24, 2.45) is 0 Å². The number of aromatic nitrogens is 2. The third kappa shape index (κ3) is 5.22. The average molecular weight is 361 g/mol. The molecule has 0 spiro atoms. The van der Waals surface area contributed by atoms with Crippen LogP contribution in [0.5, 0.6) is 0 Å². The second-order valence-corrected chi connectivity index (χ2v) is 8.01. The lowest BCUT2D eigenvalue weighted by Crippen LogP contribution is -2.63. The van der Waals surface area contributed by atoms with Crippen molar-refractivity contribution in [2.45, 2.75) is 89.5 Å². The summed E-state index contributed by atoms with van der Waals surface area (Å²) in [4.78, 5) is 20.4. The van der Waals surface area contributed by atoms with Crippen molar-refractivity contribution in [3.63, 3.8) is 0 Å². The Balaban J connectivity index is 1.57. The molecule has 0 aromatic carbocycles. The van der Waals surface area contributed by atoms with E-state index in [1.807, 2.05) is 5.12 Å². The Morgan fingerprint density at radius 2 is 1.73 bits per heavy atom. The number of ether oxygens (including phenoxy) is 1. The van der Waals surface area contributed by atoms with Gasteiger partial charge >= 0.3 is 0 Å². The number of rotatable bonds is 8. The summed E-state index contributed by atoms with van der Waals surface area (Å²) in [7, 11) is 0. The van der Waals surface area contributed by atoms with E-state index >= 15 is 0 Å². The predicted molar refractivity (Wildman–Crippen MR) is 99.0 cm³/mol. The molecule has 144 valence electrons. The summed E-state index contributed by atoms with van der Waals surface area (Å²) in [6.07, 6.45) is 13.0. The number of nitrogens with zero attached hydrogens (tertiary/aromatic N) is 3. The molecule has 1 aromatic rings. The summed E-state index contributed by atoms with van der Waals surface area (Å²) in [5, 5.41) is 1.87. The third-order valence-electron chi connectivity index (χ3n) is 5.40. The highest BCUT2D eigenvalue weighted by Gasteiger charge is 2.33. The van der Waals surface area contributed by atoms with Crippen LogP contribution in [0, 0.1) is 0 Å². The minimum absolute atomic E-state index is 0.203. The Labute approximate surface area is 155 Å². The first-order chi connectivity index (χ1) is 12.5. The number of carbonyl (C=O) groups excluding carboxylic acids is 1. The molecule has 7 nitrogen and oxygen atoms in total. The van der Waals surface area contributed by atoms with Crippen molar-refractivity contribution >= 4 is 5.91 Å². The van der Waals surface area contributed by atoms with Crippen molar-refractivity contribution in [3.8, 4) is 0 Å². The second-order valence-electron chi connectivity index (χ2n) is 8.01. The Hall–Kier alpha value is -1.57. The lowest BCUT2D eigenvalue weighted by molar-refractivity contribution is -0.0323. The predicted octanol–water partition coefficient (Wildman–Crippen LogP) is 2.61. The molecule has 0 atom stereocenters. The molecular weight excluding hydrogens is 330 g/mol. The highest BCUT2D eigenvalue weighted by molar-refractivity contribution is 5.93. The van der Waals surface area contributed by atoms with Crippen LogP contribution in [0.25, 0.3) is 0 Å². The summed E-state index contributed by atoms with van der Waals surface area (Å²) in [6, 6.07) is 0.340. The Morgan fingerprint density at radius 3 is 2.27 bits per heavy atom. The minimum atomic E-state index is -0.216. The zero-order valence-corrected chi connectivity index (χ0v) is 16.1. The van der Waals surface area contributed by atoms with Crippen molar-refractivity contribution in [1.82, 2.24) is 25.9 Å². The van der Waals surface area contributed by atoms with Crippen LogP contribution in [0.4, 0.5) is 0 Å². The van der Waals surface area contributed by atoms with Gasteiger partial charge in [0, 0.05) is 18.4 Å². The van der Waals surface area contributed by atoms with E-state index in [4.69, 9.17) is 4.74 Å². The van der Waals surface area contributed by atoms with Gasteiger partial charge in [-0.15, -0.1) is 0 Å². The lowest BCUT2D eigenvalue weighted by Gasteiger charge is -2.41. The highest BCUT2D eigenvalue weighted by Crippen LogP contribution is 2.30.